The zero-order valence-corrected chi connectivity index (χ0v) is 9.25. The molecule has 0 saturated carbocycles. The first kappa shape index (κ1) is 11.6. The van der Waals surface area contributed by atoms with E-state index in [9.17, 15) is 0 Å². The summed E-state index contributed by atoms with van der Waals surface area (Å²) in [6, 6.07) is 5.69. The molecule has 0 unspecified atom stereocenters. The Labute approximate surface area is 90.5 Å². The average molecular weight is 207 g/mol. The summed E-state index contributed by atoms with van der Waals surface area (Å²) in [6.07, 6.45) is 0.774. The van der Waals surface area contributed by atoms with E-state index < -0.39 is 0 Å². The Morgan fingerprint density at radius 2 is 1.73 bits per heavy atom. The molecule has 1 rings (SSSR count). The van der Waals surface area contributed by atoms with Crippen LogP contribution in [-0.2, 0) is 0 Å². The first-order chi connectivity index (χ1) is 7.21. The van der Waals surface area contributed by atoms with Gasteiger partial charge in [-0.1, -0.05) is 6.58 Å². The summed E-state index contributed by atoms with van der Waals surface area (Å²) < 4.78 is 10.3. The molecule has 0 aromatic heterocycles. The molecule has 1 aromatic rings. The van der Waals surface area contributed by atoms with Crippen LogP contribution in [0, 0.1) is 0 Å². The van der Waals surface area contributed by atoms with Gasteiger partial charge >= 0.3 is 0 Å². The minimum absolute atomic E-state index is 0.596. The van der Waals surface area contributed by atoms with Crippen molar-refractivity contribution in [1.29, 1.82) is 0 Å². The molecule has 0 fully saturated rings. The molecule has 0 bridgehead atoms. The summed E-state index contributed by atoms with van der Waals surface area (Å²) in [4.78, 5) is 0. The predicted octanol–water partition coefficient (Wildman–Crippen LogP) is 2.07. The molecule has 0 atom stereocenters. The molecule has 0 amide bonds. The third-order valence-electron chi connectivity index (χ3n) is 2.21. The Kier molecular flexibility index (Phi) is 4.18. The molecular formula is C12H17NO2. The van der Waals surface area contributed by atoms with Crippen molar-refractivity contribution in [1.82, 2.24) is 0 Å². The quantitative estimate of drug-likeness (QED) is 0.803. The highest BCUT2D eigenvalue weighted by molar-refractivity contribution is 5.66. The van der Waals surface area contributed by atoms with Gasteiger partial charge in [-0.3, -0.25) is 0 Å². The maximum atomic E-state index is 5.48. The number of rotatable bonds is 5. The van der Waals surface area contributed by atoms with Crippen LogP contribution in [0.1, 0.15) is 12.0 Å². The SMILES string of the molecule is C=C(CCN)c1cc(OC)cc(OC)c1. The van der Waals surface area contributed by atoms with Gasteiger partial charge in [-0.2, -0.15) is 0 Å². The molecule has 0 saturated heterocycles. The maximum absolute atomic E-state index is 5.48. The number of hydrogen-bond donors (Lipinski definition) is 1. The first-order valence-corrected chi connectivity index (χ1v) is 4.82. The Balaban J connectivity index is 3.01. The fraction of sp³-hybridized carbons (Fsp3) is 0.333. The molecule has 3 heteroatoms. The minimum Gasteiger partial charge on any atom is -0.497 e. The zero-order valence-electron chi connectivity index (χ0n) is 9.25. The molecular weight excluding hydrogens is 190 g/mol. The summed E-state index contributed by atoms with van der Waals surface area (Å²) >= 11 is 0. The van der Waals surface area contributed by atoms with Crippen LogP contribution in [-0.4, -0.2) is 20.8 Å². The second kappa shape index (κ2) is 5.41. The fourth-order valence-electron chi connectivity index (χ4n) is 1.33. The molecule has 82 valence electrons. The van der Waals surface area contributed by atoms with Gasteiger partial charge in [0.2, 0.25) is 0 Å². The highest BCUT2D eigenvalue weighted by Gasteiger charge is 2.04. The average Bonchev–Trinajstić information content (AvgIpc) is 2.28. The summed E-state index contributed by atoms with van der Waals surface area (Å²) in [5.74, 6) is 1.53. The van der Waals surface area contributed by atoms with Gasteiger partial charge in [-0.05, 0) is 36.2 Å². The van der Waals surface area contributed by atoms with E-state index in [1.807, 2.05) is 18.2 Å². The van der Waals surface area contributed by atoms with Gasteiger partial charge in [0.1, 0.15) is 11.5 Å². The maximum Gasteiger partial charge on any atom is 0.123 e. The van der Waals surface area contributed by atoms with E-state index >= 15 is 0 Å². The summed E-state index contributed by atoms with van der Waals surface area (Å²) in [5.41, 5.74) is 7.49. The van der Waals surface area contributed by atoms with Crippen LogP contribution in [0.3, 0.4) is 0 Å². The van der Waals surface area contributed by atoms with Crippen LogP contribution >= 0.6 is 0 Å². The molecule has 0 aliphatic rings. The summed E-state index contributed by atoms with van der Waals surface area (Å²) in [5, 5.41) is 0. The van der Waals surface area contributed by atoms with Crippen LogP contribution in [0.15, 0.2) is 24.8 Å². The molecule has 0 spiro atoms. The van der Waals surface area contributed by atoms with E-state index in [0.717, 1.165) is 29.1 Å². The van der Waals surface area contributed by atoms with E-state index in [2.05, 4.69) is 6.58 Å². The highest BCUT2D eigenvalue weighted by Crippen LogP contribution is 2.27. The summed E-state index contributed by atoms with van der Waals surface area (Å²) in [7, 11) is 3.26. The minimum atomic E-state index is 0.596. The number of hydrogen-bond acceptors (Lipinski definition) is 3. The van der Waals surface area contributed by atoms with Gasteiger partial charge in [0, 0.05) is 6.07 Å². The van der Waals surface area contributed by atoms with Gasteiger partial charge in [-0.25, -0.2) is 0 Å². The molecule has 0 heterocycles. The Morgan fingerprint density at radius 3 is 2.13 bits per heavy atom. The molecule has 0 aliphatic heterocycles. The van der Waals surface area contributed by atoms with Crippen LogP contribution in [0.4, 0.5) is 0 Å². The monoisotopic (exact) mass is 207 g/mol. The Bertz CT molecular complexity index is 325. The van der Waals surface area contributed by atoms with E-state index in [4.69, 9.17) is 15.2 Å². The van der Waals surface area contributed by atoms with Gasteiger partial charge in [0.05, 0.1) is 14.2 Å². The second-order valence-corrected chi connectivity index (χ2v) is 3.24. The molecule has 0 aliphatic carbocycles. The number of ether oxygens (including phenoxy) is 2. The third-order valence-corrected chi connectivity index (χ3v) is 2.21. The molecule has 15 heavy (non-hydrogen) atoms. The topological polar surface area (TPSA) is 44.5 Å². The third kappa shape index (κ3) is 2.99. The lowest BCUT2D eigenvalue weighted by molar-refractivity contribution is 0.394. The van der Waals surface area contributed by atoms with Gasteiger partial charge in [-0.15, -0.1) is 0 Å². The van der Waals surface area contributed by atoms with Crippen molar-refractivity contribution in [2.24, 2.45) is 5.73 Å². The second-order valence-electron chi connectivity index (χ2n) is 3.24. The normalized spacial score (nSPS) is 9.80. The highest BCUT2D eigenvalue weighted by atomic mass is 16.5. The standard InChI is InChI=1S/C12H17NO2/c1-9(4-5-13)10-6-11(14-2)8-12(7-10)15-3/h6-8H,1,4-5,13H2,2-3H3. The molecule has 1 aromatic carbocycles. The first-order valence-electron chi connectivity index (χ1n) is 4.82. The largest absolute Gasteiger partial charge is 0.497 e. The van der Waals surface area contributed by atoms with Crippen molar-refractivity contribution in [3.05, 3.63) is 30.3 Å². The van der Waals surface area contributed by atoms with Crippen molar-refractivity contribution in [3.8, 4) is 11.5 Å². The smallest absolute Gasteiger partial charge is 0.123 e. The van der Waals surface area contributed by atoms with Crippen molar-refractivity contribution in [2.45, 2.75) is 6.42 Å². The van der Waals surface area contributed by atoms with Gasteiger partial charge in [0.25, 0.3) is 0 Å². The molecule has 2 N–H and O–H groups in total. The number of methoxy groups -OCH3 is 2. The summed E-state index contributed by atoms with van der Waals surface area (Å²) in [6.45, 7) is 4.57. The van der Waals surface area contributed by atoms with Gasteiger partial charge in [0.15, 0.2) is 0 Å². The van der Waals surface area contributed by atoms with Crippen LogP contribution in [0.25, 0.3) is 5.57 Å². The van der Waals surface area contributed by atoms with Crippen LogP contribution < -0.4 is 15.2 Å². The number of benzene rings is 1. The van der Waals surface area contributed by atoms with E-state index in [1.165, 1.54) is 0 Å². The van der Waals surface area contributed by atoms with Crippen molar-refractivity contribution in [3.63, 3.8) is 0 Å². The van der Waals surface area contributed by atoms with Crippen LogP contribution in [0.2, 0.25) is 0 Å². The molecule has 3 nitrogen and oxygen atoms in total. The lowest BCUT2D eigenvalue weighted by Crippen LogP contribution is -1.99. The van der Waals surface area contributed by atoms with Crippen molar-refractivity contribution >= 4 is 5.57 Å². The lowest BCUT2D eigenvalue weighted by Gasteiger charge is -2.09. The Hall–Kier alpha value is -1.48. The van der Waals surface area contributed by atoms with E-state index in [0.29, 0.717) is 6.54 Å². The van der Waals surface area contributed by atoms with Crippen LogP contribution in [0.5, 0.6) is 11.5 Å². The number of nitrogens with two attached hydrogens (primary N) is 1. The van der Waals surface area contributed by atoms with Gasteiger partial charge < -0.3 is 15.2 Å². The Morgan fingerprint density at radius 1 is 1.20 bits per heavy atom. The zero-order chi connectivity index (χ0) is 11.3. The predicted molar refractivity (Wildman–Crippen MR) is 62.3 cm³/mol. The van der Waals surface area contributed by atoms with E-state index in [1.54, 1.807) is 14.2 Å². The lowest BCUT2D eigenvalue weighted by atomic mass is 10.0. The van der Waals surface area contributed by atoms with E-state index in [-0.39, 0.29) is 0 Å². The fourth-order valence-corrected chi connectivity index (χ4v) is 1.33. The van der Waals surface area contributed by atoms with Crippen molar-refractivity contribution in [2.75, 3.05) is 20.8 Å². The molecule has 0 radical (unpaired) electrons. The van der Waals surface area contributed by atoms with Crippen molar-refractivity contribution < 1.29 is 9.47 Å².